The molecule has 0 saturated heterocycles. The molecule has 1 aromatic rings. The van der Waals surface area contributed by atoms with Crippen molar-refractivity contribution in [3.05, 3.63) is 48.3 Å². The topological polar surface area (TPSA) is 29.1 Å². The van der Waals surface area contributed by atoms with Crippen LogP contribution in [0.3, 0.4) is 0 Å². The highest BCUT2D eigenvalue weighted by Crippen LogP contribution is 2.14. The molecule has 0 bridgehead atoms. The van der Waals surface area contributed by atoms with Crippen molar-refractivity contribution in [3.8, 4) is 0 Å². The SMILES string of the molecule is C=C=CNc1ccccc1C(C)=O. The van der Waals surface area contributed by atoms with Gasteiger partial charge in [-0.25, -0.2) is 0 Å². The third-order valence-corrected chi connectivity index (χ3v) is 1.64. The van der Waals surface area contributed by atoms with E-state index in [2.05, 4.69) is 17.6 Å². The summed E-state index contributed by atoms with van der Waals surface area (Å²) < 4.78 is 0. The minimum Gasteiger partial charge on any atom is -0.355 e. The smallest absolute Gasteiger partial charge is 0.161 e. The molecule has 0 saturated carbocycles. The third kappa shape index (κ3) is 2.32. The lowest BCUT2D eigenvalue weighted by Crippen LogP contribution is -1.98. The van der Waals surface area contributed by atoms with E-state index < -0.39 is 0 Å². The van der Waals surface area contributed by atoms with Gasteiger partial charge in [0.15, 0.2) is 5.78 Å². The fourth-order valence-corrected chi connectivity index (χ4v) is 1.04. The number of carbonyl (C=O) groups excluding carboxylic acids is 1. The summed E-state index contributed by atoms with van der Waals surface area (Å²) in [6.07, 6.45) is 1.57. The zero-order valence-electron chi connectivity index (χ0n) is 7.50. The number of nitrogens with one attached hydrogen (secondary N) is 1. The zero-order chi connectivity index (χ0) is 9.68. The van der Waals surface area contributed by atoms with Crippen molar-refractivity contribution < 1.29 is 4.79 Å². The Morgan fingerprint density at radius 3 is 2.85 bits per heavy atom. The Morgan fingerprint density at radius 1 is 1.54 bits per heavy atom. The first-order valence-electron chi connectivity index (χ1n) is 3.96. The Kier molecular flexibility index (Phi) is 3.07. The minimum absolute atomic E-state index is 0.0422. The van der Waals surface area contributed by atoms with Gasteiger partial charge in [-0.2, -0.15) is 0 Å². The molecule has 2 nitrogen and oxygen atoms in total. The van der Waals surface area contributed by atoms with Crippen LogP contribution in [0.2, 0.25) is 0 Å². The summed E-state index contributed by atoms with van der Waals surface area (Å²) in [5.41, 5.74) is 4.04. The van der Waals surface area contributed by atoms with Crippen LogP contribution in [0.15, 0.2) is 42.8 Å². The molecule has 1 rings (SSSR count). The van der Waals surface area contributed by atoms with Crippen LogP contribution in [0.5, 0.6) is 0 Å². The highest BCUT2D eigenvalue weighted by atomic mass is 16.1. The summed E-state index contributed by atoms with van der Waals surface area (Å²) in [4.78, 5) is 11.1. The second kappa shape index (κ2) is 4.29. The molecule has 0 unspecified atom stereocenters. The maximum absolute atomic E-state index is 11.1. The molecule has 0 aliphatic carbocycles. The van der Waals surface area contributed by atoms with Gasteiger partial charge in [-0.05, 0) is 19.1 Å². The average molecular weight is 173 g/mol. The van der Waals surface area contributed by atoms with Gasteiger partial charge in [0.1, 0.15) is 0 Å². The van der Waals surface area contributed by atoms with Crippen LogP contribution in [-0.2, 0) is 0 Å². The first-order valence-corrected chi connectivity index (χ1v) is 3.96. The molecule has 66 valence electrons. The van der Waals surface area contributed by atoms with E-state index in [9.17, 15) is 4.79 Å². The number of Topliss-reactive ketones (excluding diaryl/α,β-unsaturated/α-hetero) is 1. The van der Waals surface area contributed by atoms with Crippen molar-refractivity contribution in [1.82, 2.24) is 0 Å². The van der Waals surface area contributed by atoms with Crippen LogP contribution in [0.4, 0.5) is 5.69 Å². The van der Waals surface area contributed by atoms with Crippen molar-refractivity contribution in [2.75, 3.05) is 5.32 Å². The van der Waals surface area contributed by atoms with Gasteiger partial charge in [-0.1, -0.05) is 18.7 Å². The predicted molar refractivity (Wildman–Crippen MR) is 53.8 cm³/mol. The van der Waals surface area contributed by atoms with E-state index in [0.717, 1.165) is 5.69 Å². The van der Waals surface area contributed by atoms with Crippen LogP contribution in [0, 0.1) is 0 Å². The van der Waals surface area contributed by atoms with E-state index in [0.29, 0.717) is 5.56 Å². The Hall–Kier alpha value is -1.79. The van der Waals surface area contributed by atoms with E-state index in [1.165, 1.54) is 6.92 Å². The Labute approximate surface area is 77.6 Å². The van der Waals surface area contributed by atoms with Gasteiger partial charge in [0.05, 0.1) is 0 Å². The first kappa shape index (κ1) is 9.30. The minimum atomic E-state index is 0.0422. The number of ketones is 1. The second-order valence-electron chi connectivity index (χ2n) is 2.59. The lowest BCUT2D eigenvalue weighted by molar-refractivity contribution is 0.101. The van der Waals surface area contributed by atoms with Crippen molar-refractivity contribution in [2.45, 2.75) is 6.92 Å². The number of hydrogen-bond acceptors (Lipinski definition) is 2. The molecule has 13 heavy (non-hydrogen) atoms. The Bertz CT molecular complexity index is 362. The van der Waals surface area contributed by atoms with Crippen LogP contribution in [-0.4, -0.2) is 5.78 Å². The molecule has 0 atom stereocenters. The summed E-state index contributed by atoms with van der Waals surface area (Å²) in [6.45, 7) is 4.96. The summed E-state index contributed by atoms with van der Waals surface area (Å²) in [5, 5.41) is 2.92. The molecule has 1 N–H and O–H groups in total. The fraction of sp³-hybridized carbons (Fsp3) is 0.0909. The van der Waals surface area contributed by atoms with E-state index >= 15 is 0 Å². The molecule has 0 aromatic heterocycles. The van der Waals surface area contributed by atoms with Gasteiger partial charge < -0.3 is 5.32 Å². The molecule has 1 aromatic carbocycles. The van der Waals surface area contributed by atoms with Gasteiger partial charge in [-0.3, -0.25) is 4.79 Å². The van der Waals surface area contributed by atoms with Crippen LogP contribution >= 0.6 is 0 Å². The van der Waals surface area contributed by atoms with Crippen molar-refractivity contribution in [1.29, 1.82) is 0 Å². The monoisotopic (exact) mass is 173 g/mol. The maximum atomic E-state index is 11.1. The summed E-state index contributed by atoms with van der Waals surface area (Å²) in [6, 6.07) is 7.32. The molecule has 0 spiro atoms. The molecule has 0 heterocycles. The number of benzene rings is 1. The Morgan fingerprint density at radius 2 is 2.23 bits per heavy atom. The number of hydrogen-bond donors (Lipinski definition) is 1. The van der Waals surface area contributed by atoms with E-state index in [4.69, 9.17) is 0 Å². The normalized spacial score (nSPS) is 8.69. The number of carbonyl (C=O) groups is 1. The van der Waals surface area contributed by atoms with E-state index in [-0.39, 0.29) is 5.78 Å². The number of anilines is 1. The molecule has 0 amide bonds. The molecule has 2 heteroatoms. The first-order chi connectivity index (χ1) is 6.25. The second-order valence-corrected chi connectivity index (χ2v) is 2.59. The molecule has 0 aliphatic heterocycles. The molecular weight excluding hydrogens is 162 g/mol. The molecule has 0 fully saturated rings. The largest absolute Gasteiger partial charge is 0.355 e. The molecule has 0 aliphatic rings. The van der Waals surface area contributed by atoms with Crippen LogP contribution in [0.25, 0.3) is 0 Å². The predicted octanol–water partition coefficient (Wildman–Crippen LogP) is 2.60. The highest BCUT2D eigenvalue weighted by molar-refractivity contribution is 5.99. The zero-order valence-corrected chi connectivity index (χ0v) is 7.50. The van der Waals surface area contributed by atoms with Gasteiger partial charge in [0, 0.05) is 17.5 Å². The molecule has 0 radical (unpaired) electrons. The van der Waals surface area contributed by atoms with Gasteiger partial charge in [0.25, 0.3) is 0 Å². The summed E-state index contributed by atoms with van der Waals surface area (Å²) >= 11 is 0. The van der Waals surface area contributed by atoms with Crippen LogP contribution in [0.1, 0.15) is 17.3 Å². The maximum Gasteiger partial charge on any atom is 0.161 e. The van der Waals surface area contributed by atoms with E-state index in [1.54, 1.807) is 12.3 Å². The third-order valence-electron chi connectivity index (χ3n) is 1.64. The Balaban J connectivity index is 3.04. The molecular formula is C11H11NO. The quantitative estimate of drug-likeness (QED) is 0.562. The van der Waals surface area contributed by atoms with Gasteiger partial charge in [-0.15, -0.1) is 5.73 Å². The van der Waals surface area contributed by atoms with Crippen molar-refractivity contribution >= 4 is 11.5 Å². The van der Waals surface area contributed by atoms with Crippen molar-refractivity contribution in [2.24, 2.45) is 0 Å². The number of rotatable bonds is 3. The summed E-state index contributed by atoms with van der Waals surface area (Å²) in [7, 11) is 0. The van der Waals surface area contributed by atoms with E-state index in [1.807, 2.05) is 18.2 Å². The highest BCUT2D eigenvalue weighted by Gasteiger charge is 2.03. The van der Waals surface area contributed by atoms with Crippen LogP contribution < -0.4 is 5.32 Å². The van der Waals surface area contributed by atoms with Gasteiger partial charge >= 0.3 is 0 Å². The fourth-order valence-electron chi connectivity index (χ4n) is 1.04. The number of para-hydroxylation sites is 1. The van der Waals surface area contributed by atoms with Gasteiger partial charge in [0.2, 0.25) is 0 Å². The standard InChI is InChI=1S/C11H11NO/c1-3-8-12-11-7-5-4-6-10(11)9(2)13/h4-8,12H,1H2,2H3. The average Bonchev–Trinajstić information content (AvgIpc) is 2.15. The van der Waals surface area contributed by atoms with Crippen molar-refractivity contribution in [3.63, 3.8) is 0 Å². The summed E-state index contributed by atoms with van der Waals surface area (Å²) in [5.74, 6) is 0.0422. The lowest BCUT2D eigenvalue weighted by Gasteiger charge is -2.04. The lowest BCUT2D eigenvalue weighted by atomic mass is 10.1.